The maximum absolute atomic E-state index is 5.98. The molecule has 0 saturated heterocycles. The van der Waals surface area contributed by atoms with Crippen molar-refractivity contribution in [1.82, 2.24) is 9.97 Å². The molecule has 0 spiro atoms. The van der Waals surface area contributed by atoms with E-state index in [2.05, 4.69) is 51.8 Å². The number of fused-ring (bicyclic) bond motifs is 1. The van der Waals surface area contributed by atoms with Gasteiger partial charge in [-0.25, -0.2) is 9.97 Å². The van der Waals surface area contributed by atoms with Crippen molar-refractivity contribution in [1.29, 1.82) is 0 Å². The van der Waals surface area contributed by atoms with Crippen LogP contribution < -0.4 is 5.73 Å². The molecule has 3 aromatic rings. The van der Waals surface area contributed by atoms with Gasteiger partial charge in [-0.05, 0) is 12.0 Å². The van der Waals surface area contributed by atoms with Gasteiger partial charge in [0.05, 0.1) is 15.9 Å². The molecule has 2 aromatic heterocycles. The van der Waals surface area contributed by atoms with Gasteiger partial charge in [-0.2, -0.15) is 0 Å². The average molecular weight is 305 g/mol. The molecule has 3 nitrogen and oxygen atoms in total. The molecule has 0 bridgehead atoms. The van der Waals surface area contributed by atoms with Gasteiger partial charge in [0, 0.05) is 16.9 Å². The number of nitrogens with two attached hydrogens (primary N) is 1. The van der Waals surface area contributed by atoms with Crippen LogP contribution in [0.2, 0.25) is 0 Å². The lowest BCUT2D eigenvalue weighted by Crippen LogP contribution is -2.04. The van der Waals surface area contributed by atoms with E-state index in [1.165, 1.54) is 0 Å². The Balaban J connectivity index is 1.92. The van der Waals surface area contributed by atoms with E-state index < -0.39 is 0 Å². The predicted octanol–water partition coefficient (Wildman–Crippen LogP) is 4.54. The molecule has 2 N–H and O–H groups in total. The highest BCUT2D eigenvalue weighted by Crippen LogP contribution is 2.38. The number of nitrogen functional groups attached to an aromatic ring is 1. The molecule has 1 aliphatic carbocycles. The summed E-state index contributed by atoms with van der Waals surface area (Å²) < 4.78 is 1.14. The highest BCUT2D eigenvalue weighted by atomic mass is 32.1. The molecule has 0 radical (unpaired) electrons. The van der Waals surface area contributed by atoms with Crippen LogP contribution in [0, 0.1) is 0 Å². The molecule has 1 aromatic carbocycles. The van der Waals surface area contributed by atoms with Crippen LogP contribution in [0.25, 0.3) is 21.3 Å². The number of hydrogen-bond donors (Lipinski definition) is 1. The van der Waals surface area contributed by atoms with Gasteiger partial charge in [0.25, 0.3) is 0 Å². The quantitative estimate of drug-likeness (QED) is 0.756. The summed E-state index contributed by atoms with van der Waals surface area (Å²) in [4.78, 5) is 9.03. The number of allylic oxidation sites excluding steroid dienone is 4. The van der Waals surface area contributed by atoms with E-state index in [0.717, 1.165) is 33.5 Å². The minimum atomic E-state index is 0.278. The summed E-state index contributed by atoms with van der Waals surface area (Å²) in [5, 5.41) is 2.15. The lowest BCUT2D eigenvalue weighted by atomic mass is 9.96. The zero-order chi connectivity index (χ0) is 14.9. The topological polar surface area (TPSA) is 51.8 Å². The van der Waals surface area contributed by atoms with E-state index in [0.29, 0.717) is 5.95 Å². The summed E-state index contributed by atoms with van der Waals surface area (Å²) in [7, 11) is 0. The first kappa shape index (κ1) is 13.2. The van der Waals surface area contributed by atoms with Crippen molar-refractivity contribution in [3.63, 3.8) is 0 Å². The fraction of sp³-hybridized carbons (Fsp3) is 0.111. The number of rotatable bonds is 2. The molecule has 0 amide bonds. The summed E-state index contributed by atoms with van der Waals surface area (Å²) in [6.07, 6.45) is 9.45. The highest BCUT2D eigenvalue weighted by molar-refractivity contribution is 7.17. The highest BCUT2D eigenvalue weighted by Gasteiger charge is 2.19. The molecular weight excluding hydrogens is 290 g/mol. The summed E-state index contributed by atoms with van der Waals surface area (Å²) in [5.41, 5.74) is 10.3. The second kappa shape index (κ2) is 5.39. The first-order valence-corrected chi connectivity index (χ1v) is 8.14. The van der Waals surface area contributed by atoms with Crippen molar-refractivity contribution in [2.24, 2.45) is 0 Å². The molecule has 108 valence electrons. The molecule has 0 saturated carbocycles. The Morgan fingerprint density at radius 3 is 2.73 bits per heavy atom. The molecule has 2 heterocycles. The molecule has 0 fully saturated rings. The van der Waals surface area contributed by atoms with Crippen LogP contribution in [-0.4, -0.2) is 9.97 Å². The third kappa shape index (κ3) is 2.22. The van der Waals surface area contributed by atoms with Crippen LogP contribution in [0.1, 0.15) is 18.0 Å². The van der Waals surface area contributed by atoms with E-state index in [-0.39, 0.29) is 5.92 Å². The third-order valence-corrected chi connectivity index (χ3v) is 4.87. The van der Waals surface area contributed by atoms with Crippen molar-refractivity contribution in [3.05, 3.63) is 65.7 Å². The molecule has 4 rings (SSSR count). The van der Waals surface area contributed by atoms with Crippen molar-refractivity contribution >= 4 is 27.5 Å². The number of hydrogen-bond acceptors (Lipinski definition) is 4. The van der Waals surface area contributed by atoms with Crippen molar-refractivity contribution in [2.75, 3.05) is 5.73 Å². The zero-order valence-corrected chi connectivity index (χ0v) is 12.8. The molecule has 1 unspecified atom stereocenters. The molecule has 22 heavy (non-hydrogen) atoms. The Morgan fingerprint density at radius 2 is 1.95 bits per heavy atom. The summed E-state index contributed by atoms with van der Waals surface area (Å²) >= 11 is 1.70. The molecule has 1 atom stereocenters. The number of benzene rings is 1. The monoisotopic (exact) mass is 305 g/mol. The van der Waals surface area contributed by atoms with Crippen molar-refractivity contribution in [3.8, 4) is 11.1 Å². The average Bonchev–Trinajstić information content (AvgIpc) is 2.99. The van der Waals surface area contributed by atoms with Gasteiger partial charge in [0.1, 0.15) is 0 Å². The Labute approximate surface area is 132 Å². The van der Waals surface area contributed by atoms with E-state index in [9.17, 15) is 0 Å². The van der Waals surface area contributed by atoms with Gasteiger partial charge in [-0.1, -0.05) is 54.6 Å². The smallest absolute Gasteiger partial charge is 0.220 e. The normalized spacial score (nSPS) is 17.2. The Bertz CT molecular complexity index is 878. The van der Waals surface area contributed by atoms with E-state index in [4.69, 9.17) is 5.73 Å². The van der Waals surface area contributed by atoms with Gasteiger partial charge in [-0.3, -0.25) is 0 Å². The van der Waals surface area contributed by atoms with Crippen LogP contribution in [0.15, 0.2) is 60.0 Å². The van der Waals surface area contributed by atoms with Crippen molar-refractivity contribution < 1.29 is 0 Å². The number of nitrogens with zero attached hydrogens (tertiary/aromatic N) is 2. The van der Waals surface area contributed by atoms with Crippen LogP contribution in [0.5, 0.6) is 0 Å². The van der Waals surface area contributed by atoms with Gasteiger partial charge in [0.15, 0.2) is 0 Å². The SMILES string of the molecule is Nc1nc(C2C=CC=CC2)c2scc(-c3ccccc3)c2n1. The minimum Gasteiger partial charge on any atom is -0.368 e. The number of anilines is 1. The van der Waals surface area contributed by atoms with E-state index in [1.807, 2.05) is 18.2 Å². The van der Waals surface area contributed by atoms with E-state index >= 15 is 0 Å². The standard InChI is InChI=1S/C18H15N3S/c19-18-20-15(13-9-5-2-6-10-13)17-16(21-18)14(11-22-17)12-7-3-1-4-8-12/h1-9,11,13H,10H2,(H2,19,20,21). The Morgan fingerprint density at radius 1 is 1.09 bits per heavy atom. The lowest BCUT2D eigenvalue weighted by molar-refractivity contribution is 0.826. The molecular formula is C18H15N3S. The predicted molar refractivity (Wildman–Crippen MR) is 92.9 cm³/mol. The van der Waals surface area contributed by atoms with Gasteiger partial charge in [0.2, 0.25) is 5.95 Å². The Kier molecular flexibility index (Phi) is 3.24. The van der Waals surface area contributed by atoms with Crippen LogP contribution >= 0.6 is 11.3 Å². The third-order valence-electron chi connectivity index (χ3n) is 3.88. The van der Waals surface area contributed by atoms with E-state index in [1.54, 1.807) is 11.3 Å². The fourth-order valence-corrected chi connectivity index (χ4v) is 3.88. The lowest BCUT2D eigenvalue weighted by Gasteiger charge is -2.13. The summed E-state index contributed by atoms with van der Waals surface area (Å²) in [6, 6.07) is 10.3. The second-order valence-corrected chi connectivity index (χ2v) is 6.20. The summed E-state index contributed by atoms with van der Waals surface area (Å²) in [6.45, 7) is 0. The second-order valence-electron chi connectivity index (χ2n) is 5.32. The first-order valence-electron chi connectivity index (χ1n) is 7.26. The maximum atomic E-state index is 5.98. The van der Waals surface area contributed by atoms with Gasteiger partial charge >= 0.3 is 0 Å². The number of aromatic nitrogens is 2. The van der Waals surface area contributed by atoms with Crippen LogP contribution in [0.4, 0.5) is 5.95 Å². The maximum Gasteiger partial charge on any atom is 0.220 e. The molecule has 0 aliphatic heterocycles. The van der Waals surface area contributed by atoms with Crippen LogP contribution in [0.3, 0.4) is 0 Å². The van der Waals surface area contributed by atoms with Gasteiger partial charge < -0.3 is 5.73 Å². The Hall–Kier alpha value is -2.46. The largest absolute Gasteiger partial charge is 0.368 e. The van der Waals surface area contributed by atoms with Crippen LogP contribution in [-0.2, 0) is 0 Å². The fourth-order valence-electron chi connectivity index (χ4n) is 2.82. The molecule has 1 aliphatic rings. The summed E-state index contributed by atoms with van der Waals surface area (Å²) in [5.74, 6) is 0.626. The zero-order valence-electron chi connectivity index (χ0n) is 11.9. The first-order chi connectivity index (χ1) is 10.8. The number of thiophene rings is 1. The van der Waals surface area contributed by atoms with Gasteiger partial charge in [-0.15, -0.1) is 11.3 Å². The minimum absolute atomic E-state index is 0.278. The molecule has 4 heteroatoms. The van der Waals surface area contributed by atoms with Crippen molar-refractivity contribution in [2.45, 2.75) is 12.3 Å².